The Hall–Kier alpha value is -3.51. The Morgan fingerprint density at radius 1 is 1.02 bits per heavy atom. The van der Waals surface area contributed by atoms with Gasteiger partial charge in [0.05, 0.1) is 10.5 Å². The highest BCUT2D eigenvalue weighted by Gasteiger charge is 2.32. The van der Waals surface area contributed by atoms with E-state index in [0.29, 0.717) is 37.4 Å². The molecule has 1 atom stereocenters. The summed E-state index contributed by atoms with van der Waals surface area (Å²) in [7, 11) is -4.05. The number of anilines is 3. The first-order valence-corrected chi connectivity index (χ1v) is 15.0. The van der Waals surface area contributed by atoms with Crippen molar-refractivity contribution in [3.8, 4) is 0 Å². The molecule has 0 spiro atoms. The lowest BCUT2D eigenvalue weighted by molar-refractivity contribution is -0.137. The van der Waals surface area contributed by atoms with Crippen molar-refractivity contribution >= 4 is 44.7 Å². The number of carbonyl (C=O) groups excluding carboxylic acids is 1. The van der Waals surface area contributed by atoms with Gasteiger partial charge in [-0.25, -0.2) is 13.4 Å². The van der Waals surface area contributed by atoms with Crippen molar-refractivity contribution in [2.45, 2.75) is 36.9 Å². The summed E-state index contributed by atoms with van der Waals surface area (Å²) in [6.45, 7) is 4.98. The fraction of sp³-hybridized carbons (Fsp3) is 0.357. The fourth-order valence-corrected chi connectivity index (χ4v) is 6.44. The molecule has 0 aliphatic carbocycles. The van der Waals surface area contributed by atoms with E-state index in [2.05, 4.69) is 19.5 Å². The van der Waals surface area contributed by atoms with Gasteiger partial charge >= 0.3 is 6.18 Å². The average molecular weight is 612 g/mol. The van der Waals surface area contributed by atoms with E-state index in [1.807, 2.05) is 30.0 Å². The number of sulfonamides is 1. The maximum absolute atomic E-state index is 13.4. The third kappa shape index (κ3) is 6.38. The Labute approximate surface area is 244 Å². The SMILES string of the molecule is C[C@@H](C(=O)N1CCN(c2ccc(S(=O)(=O)Nc3ccc(C(F)(F)F)cn3)cc2)CC1)N1CCCc2cc(Cl)ccc21.[HH].[HH]. The van der Waals surface area contributed by atoms with Crippen molar-refractivity contribution in [3.05, 3.63) is 76.9 Å². The Kier molecular flexibility index (Phi) is 8.06. The molecule has 0 bridgehead atoms. The van der Waals surface area contributed by atoms with E-state index in [-0.39, 0.29) is 25.5 Å². The molecule has 1 aromatic heterocycles. The molecule has 13 heteroatoms. The highest BCUT2D eigenvalue weighted by atomic mass is 35.5. The fourth-order valence-electron chi connectivity index (χ4n) is 5.23. The number of rotatable bonds is 6. The Morgan fingerprint density at radius 3 is 2.37 bits per heavy atom. The molecule has 222 valence electrons. The summed E-state index contributed by atoms with van der Waals surface area (Å²) in [6.07, 6.45) is -2.09. The first-order valence-electron chi connectivity index (χ1n) is 13.2. The van der Waals surface area contributed by atoms with Crippen molar-refractivity contribution in [2.75, 3.05) is 47.2 Å². The average Bonchev–Trinajstić information content (AvgIpc) is 2.95. The molecule has 1 amide bonds. The van der Waals surface area contributed by atoms with Crippen molar-refractivity contribution in [2.24, 2.45) is 0 Å². The third-order valence-electron chi connectivity index (χ3n) is 7.45. The van der Waals surface area contributed by atoms with E-state index >= 15 is 0 Å². The van der Waals surface area contributed by atoms with E-state index in [0.717, 1.165) is 48.5 Å². The predicted molar refractivity (Wildman–Crippen MR) is 156 cm³/mol. The Morgan fingerprint density at radius 2 is 1.73 bits per heavy atom. The minimum Gasteiger partial charge on any atom is -0.368 e. The number of nitrogens with zero attached hydrogens (tertiary/aromatic N) is 4. The van der Waals surface area contributed by atoms with Gasteiger partial charge in [0.2, 0.25) is 5.91 Å². The summed E-state index contributed by atoms with van der Waals surface area (Å²) in [5.74, 6) is -0.147. The molecular formula is C28H33ClF3N5O3S. The Balaban J connectivity index is 0.00000253. The number of benzene rings is 2. The molecule has 1 fully saturated rings. The van der Waals surface area contributed by atoms with Crippen molar-refractivity contribution < 1.29 is 29.2 Å². The number of fused-ring (bicyclic) bond motifs is 1. The van der Waals surface area contributed by atoms with Gasteiger partial charge in [0, 0.05) is 58.2 Å². The second kappa shape index (κ2) is 11.4. The van der Waals surface area contributed by atoms with E-state index in [1.54, 1.807) is 12.1 Å². The van der Waals surface area contributed by atoms with Crippen LogP contribution in [0.2, 0.25) is 5.02 Å². The number of aryl methyl sites for hydroxylation is 1. The zero-order valence-corrected chi connectivity index (χ0v) is 23.8. The predicted octanol–water partition coefficient (Wildman–Crippen LogP) is 5.54. The summed E-state index contributed by atoms with van der Waals surface area (Å²) in [6, 6.07) is 13.4. The first-order chi connectivity index (χ1) is 19.4. The summed E-state index contributed by atoms with van der Waals surface area (Å²) < 4.78 is 65.9. The summed E-state index contributed by atoms with van der Waals surface area (Å²) in [5.41, 5.74) is 2.05. The van der Waals surface area contributed by atoms with Gasteiger partial charge in [-0.15, -0.1) is 0 Å². The molecule has 2 aromatic carbocycles. The molecular weight excluding hydrogens is 579 g/mol. The van der Waals surface area contributed by atoms with Crippen LogP contribution in [0.15, 0.2) is 65.7 Å². The van der Waals surface area contributed by atoms with Gasteiger partial charge < -0.3 is 14.7 Å². The molecule has 3 heterocycles. The largest absolute Gasteiger partial charge is 0.417 e. The number of nitrogens with one attached hydrogen (secondary N) is 1. The number of alkyl halides is 3. The molecule has 2 aliphatic rings. The quantitative estimate of drug-likeness (QED) is 0.394. The van der Waals surface area contributed by atoms with E-state index in [1.165, 1.54) is 12.1 Å². The zero-order chi connectivity index (χ0) is 29.4. The standard InChI is InChI=1S/C28H29ClF3N5O3S.2H2/c1-19(37-12-2-3-20-17-22(29)5-10-25(20)37)27(38)36-15-13-35(14-16-36)23-6-8-24(9-7-23)41(39,40)34-26-11-4-21(18-33-26)28(30,31)32;;/h4-11,17-19H,2-3,12-16H2,1H3,(H,33,34);2*1H/t19-;;/m0../s1. The van der Waals surface area contributed by atoms with Crippen LogP contribution >= 0.6 is 11.6 Å². The third-order valence-corrected chi connectivity index (χ3v) is 9.06. The summed E-state index contributed by atoms with van der Waals surface area (Å²) >= 11 is 6.17. The molecule has 1 saturated heterocycles. The van der Waals surface area contributed by atoms with E-state index in [4.69, 9.17) is 11.6 Å². The molecule has 0 saturated carbocycles. The lowest BCUT2D eigenvalue weighted by Gasteiger charge is -2.41. The van der Waals surface area contributed by atoms with Crippen LogP contribution < -0.4 is 14.5 Å². The number of hydrogen-bond acceptors (Lipinski definition) is 6. The number of hydrogen-bond donors (Lipinski definition) is 1. The van der Waals surface area contributed by atoms with Gasteiger partial charge in [-0.1, -0.05) is 11.6 Å². The molecule has 0 unspecified atom stereocenters. The van der Waals surface area contributed by atoms with Crippen LogP contribution in [0.3, 0.4) is 0 Å². The number of amides is 1. The summed E-state index contributed by atoms with van der Waals surface area (Å²) in [5, 5.41) is 0.693. The lowest BCUT2D eigenvalue weighted by Crippen LogP contribution is -2.55. The second-order valence-corrected chi connectivity index (χ2v) is 12.2. The molecule has 3 aromatic rings. The minimum atomic E-state index is -4.56. The number of pyridine rings is 1. The molecule has 0 radical (unpaired) electrons. The van der Waals surface area contributed by atoms with Gasteiger partial charge in [-0.3, -0.25) is 9.52 Å². The first kappa shape index (κ1) is 29.0. The molecule has 1 N–H and O–H groups in total. The van der Waals surface area contributed by atoms with Gasteiger partial charge in [0.25, 0.3) is 10.0 Å². The number of carbonyl (C=O) groups is 1. The lowest BCUT2D eigenvalue weighted by atomic mass is 10.00. The number of aromatic nitrogens is 1. The van der Waals surface area contributed by atoms with Crippen LogP contribution in [-0.4, -0.2) is 63.0 Å². The van der Waals surface area contributed by atoms with E-state index in [9.17, 15) is 26.4 Å². The van der Waals surface area contributed by atoms with Crippen LogP contribution in [-0.2, 0) is 27.4 Å². The van der Waals surface area contributed by atoms with Crippen LogP contribution in [0.25, 0.3) is 0 Å². The smallest absolute Gasteiger partial charge is 0.368 e. The van der Waals surface area contributed by atoms with Crippen LogP contribution in [0, 0.1) is 0 Å². The van der Waals surface area contributed by atoms with Crippen molar-refractivity contribution in [1.82, 2.24) is 9.88 Å². The molecule has 41 heavy (non-hydrogen) atoms. The second-order valence-electron chi connectivity index (χ2n) is 10.1. The zero-order valence-electron chi connectivity index (χ0n) is 22.2. The summed E-state index contributed by atoms with van der Waals surface area (Å²) in [4.78, 5) is 23.0. The van der Waals surface area contributed by atoms with Crippen molar-refractivity contribution in [1.29, 1.82) is 0 Å². The van der Waals surface area contributed by atoms with Gasteiger partial charge in [0.15, 0.2) is 0 Å². The van der Waals surface area contributed by atoms with E-state index < -0.39 is 21.8 Å². The molecule has 5 rings (SSSR count). The highest BCUT2D eigenvalue weighted by molar-refractivity contribution is 7.92. The van der Waals surface area contributed by atoms with Crippen LogP contribution in [0.5, 0.6) is 0 Å². The number of piperazine rings is 1. The highest BCUT2D eigenvalue weighted by Crippen LogP contribution is 2.32. The maximum Gasteiger partial charge on any atom is 0.417 e. The number of halogens is 4. The van der Waals surface area contributed by atoms with Crippen LogP contribution in [0.4, 0.5) is 30.4 Å². The maximum atomic E-state index is 13.4. The Bertz CT molecular complexity index is 1520. The molecule has 2 aliphatic heterocycles. The molecule has 8 nitrogen and oxygen atoms in total. The van der Waals surface area contributed by atoms with Gasteiger partial charge in [0.1, 0.15) is 11.9 Å². The van der Waals surface area contributed by atoms with Gasteiger partial charge in [-0.05, 0) is 79.9 Å². The minimum absolute atomic E-state index is 0. The monoisotopic (exact) mass is 611 g/mol. The van der Waals surface area contributed by atoms with Gasteiger partial charge in [-0.2, -0.15) is 13.2 Å². The van der Waals surface area contributed by atoms with Crippen LogP contribution in [0.1, 0.15) is 27.3 Å². The topological polar surface area (TPSA) is 85.8 Å². The normalized spacial score (nSPS) is 16.8. The van der Waals surface area contributed by atoms with Crippen molar-refractivity contribution in [3.63, 3.8) is 0 Å².